The fraction of sp³-hybridized carbons (Fsp3) is 0.667. The highest BCUT2D eigenvalue weighted by Gasteiger charge is 2.23. The normalized spacial score (nSPS) is 19.4. The number of anilines is 1. The molecule has 112 valence electrons. The molecule has 1 atom stereocenters. The van der Waals surface area contributed by atoms with Crippen LogP contribution in [0.3, 0.4) is 0 Å². The van der Waals surface area contributed by atoms with E-state index in [4.69, 9.17) is 4.74 Å². The number of hydrogen-bond donors (Lipinski definition) is 1. The Labute approximate surface area is 120 Å². The standard InChI is InChI=1S/C15H24FN3O/c1-3-7-17-10-12-6-8-18-15(14(12)16)19-9-4-5-13(11-19)20-2/h6,8,13,17H,3-5,7,9-11H2,1-2H3. The van der Waals surface area contributed by atoms with Crippen molar-refractivity contribution in [1.82, 2.24) is 10.3 Å². The summed E-state index contributed by atoms with van der Waals surface area (Å²) in [6.07, 6.45) is 4.95. The van der Waals surface area contributed by atoms with Gasteiger partial charge in [-0.3, -0.25) is 0 Å². The summed E-state index contributed by atoms with van der Waals surface area (Å²) in [5.74, 6) is 0.260. The van der Waals surface area contributed by atoms with Crippen molar-refractivity contribution in [3.8, 4) is 0 Å². The minimum Gasteiger partial charge on any atom is -0.380 e. The topological polar surface area (TPSA) is 37.4 Å². The number of ether oxygens (including phenoxy) is 1. The number of pyridine rings is 1. The van der Waals surface area contributed by atoms with Crippen LogP contribution in [0, 0.1) is 5.82 Å². The second-order valence-corrected chi connectivity index (χ2v) is 5.23. The zero-order chi connectivity index (χ0) is 14.4. The van der Waals surface area contributed by atoms with Crippen molar-refractivity contribution in [3.05, 3.63) is 23.6 Å². The van der Waals surface area contributed by atoms with E-state index in [2.05, 4.69) is 17.2 Å². The molecule has 5 heteroatoms. The van der Waals surface area contributed by atoms with Gasteiger partial charge in [0.05, 0.1) is 6.10 Å². The molecule has 2 rings (SSSR count). The SMILES string of the molecule is CCCNCc1ccnc(N2CCCC(OC)C2)c1F. The van der Waals surface area contributed by atoms with Gasteiger partial charge in [0, 0.05) is 38.5 Å². The van der Waals surface area contributed by atoms with Gasteiger partial charge in [-0.2, -0.15) is 0 Å². The molecular formula is C15H24FN3O. The number of piperidine rings is 1. The van der Waals surface area contributed by atoms with Crippen LogP contribution in [0.2, 0.25) is 0 Å². The molecule has 20 heavy (non-hydrogen) atoms. The van der Waals surface area contributed by atoms with Crippen LogP contribution in [0.4, 0.5) is 10.2 Å². The van der Waals surface area contributed by atoms with Crippen LogP contribution in [0.5, 0.6) is 0 Å². The van der Waals surface area contributed by atoms with Gasteiger partial charge in [0.1, 0.15) is 0 Å². The van der Waals surface area contributed by atoms with Crippen molar-refractivity contribution in [1.29, 1.82) is 0 Å². The Kier molecular flexibility index (Phi) is 5.73. The highest BCUT2D eigenvalue weighted by molar-refractivity contribution is 5.43. The Hall–Kier alpha value is -1.20. The third kappa shape index (κ3) is 3.67. The number of nitrogens with one attached hydrogen (secondary N) is 1. The van der Waals surface area contributed by atoms with Crippen LogP contribution >= 0.6 is 0 Å². The average molecular weight is 281 g/mol. The Balaban J connectivity index is 2.09. The Bertz CT molecular complexity index is 428. The number of halogens is 1. The molecule has 1 fully saturated rings. The molecule has 0 spiro atoms. The highest BCUT2D eigenvalue weighted by atomic mass is 19.1. The Morgan fingerprint density at radius 3 is 3.15 bits per heavy atom. The van der Waals surface area contributed by atoms with Crippen LogP contribution in [0.15, 0.2) is 12.3 Å². The largest absolute Gasteiger partial charge is 0.380 e. The van der Waals surface area contributed by atoms with Gasteiger partial charge in [0.25, 0.3) is 0 Å². The second-order valence-electron chi connectivity index (χ2n) is 5.23. The van der Waals surface area contributed by atoms with E-state index in [1.54, 1.807) is 19.4 Å². The molecule has 0 radical (unpaired) electrons. The van der Waals surface area contributed by atoms with Crippen LogP contribution in [-0.4, -0.2) is 37.8 Å². The van der Waals surface area contributed by atoms with Crippen LogP contribution in [0.1, 0.15) is 31.7 Å². The third-order valence-corrected chi connectivity index (χ3v) is 3.70. The van der Waals surface area contributed by atoms with E-state index in [0.717, 1.165) is 32.4 Å². The van der Waals surface area contributed by atoms with Gasteiger partial charge < -0.3 is 15.0 Å². The first-order chi connectivity index (χ1) is 9.76. The van der Waals surface area contributed by atoms with Gasteiger partial charge in [-0.05, 0) is 31.9 Å². The molecule has 0 bridgehead atoms. The first-order valence-electron chi connectivity index (χ1n) is 7.38. The lowest BCUT2D eigenvalue weighted by Crippen LogP contribution is -2.40. The summed E-state index contributed by atoms with van der Waals surface area (Å²) >= 11 is 0. The maximum atomic E-state index is 14.5. The van der Waals surface area contributed by atoms with Crippen LogP contribution < -0.4 is 10.2 Å². The summed E-state index contributed by atoms with van der Waals surface area (Å²) in [6, 6.07) is 1.75. The molecule has 1 aliphatic heterocycles. The van der Waals surface area contributed by atoms with Crippen molar-refractivity contribution in [2.75, 3.05) is 31.6 Å². The zero-order valence-electron chi connectivity index (χ0n) is 12.4. The molecular weight excluding hydrogens is 257 g/mol. The molecule has 1 saturated heterocycles. The molecule has 0 amide bonds. The fourth-order valence-electron chi connectivity index (χ4n) is 2.55. The highest BCUT2D eigenvalue weighted by Crippen LogP contribution is 2.23. The maximum absolute atomic E-state index is 14.5. The predicted octanol–water partition coefficient (Wildman–Crippen LogP) is 2.34. The van der Waals surface area contributed by atoms with E-state index in [0.29, 0.717) is 24.5 Å². The summed E-state index contributed by atoms with van der Waals surface area (Å²) in [6.45, 7) is 5.10. The Morgan fingerprint density at radius 1 is 1.55 bits per heavy atom. The van der Waals surface area contributed by atoms with Gasteiger partial charge >= 0.3 is 0 Å². The molecule has 0 saturated carbocycles. The second kappa shape index (κ2) is 7.55. The summed E-state index contributed by atoms with van der Waals surface area (Å²) in [4.78, 5) is 6.22. The lowest BCUT2D eigenvalue weighted by molar-refractivity contribution is 0.0889. The van der Waals surface area contributed by atoms with Gasteiger partial charge in [-0.1, -0.05) is 6.92 Å². The van der Waals surface area contributed by atoms with Crippen molar-refractivity contribution in [2.45, 2.75) is 38.8 Å². The zero-order valence-corrected chi connectivity index (χ0v) is 12.4. The monoisotopic (exact) mass is 281 g/mol. The van der Waals surface area contributed by atoms with Crippen molar-refractivity contribution in [2.24, 2.45) is 0 Å². The van der Waals surface area contributed by atoms with E-state index < -0.39 is 0 Å². The third-order valence-electron chi connectivity index (χ3n) is 3.70. The molecule has 1 N–H and O–H groups in total. The first kappa shape index (κ1) is 15.2. The maximum Gasteiger partial charge on any atom is 0.170 e. The number of nitrogens with zero attached hydrogens (tertiary/aromatic N) is 2. The molecule has 0 aliphatic carbocycles. The van der Waals surface area contributed by atoms with Crippen molar-refractivity contribution >= 4 is 5.82 Å². The van der Waals surface area contributed by atoms with Crippen molar-refractivity contribution in [3.63, 3.8) is 0 Å². The van der Waals surface area contributed by atoms with E-state index in [-0.39, 0.29) is 11.9 Å². The number of rotatable bonds is 6. The minimum atomic E-state index is -0.201. The molecule has 1 aromatic rings. The molecule has 0 aromatic carbocycles. The molecule has 1 aliphatic rings. The first-order valence-corrected chi connectivity index (χ1v) is 7.38. The van der Waals surface area contributed by atoms with E-state index in [1.165, 1.54) is 0 Å². The molecule has 2 heterocycles. The number of hydrogen-bond acceptors (Lipinski definition) is 4. The van der Waals surface area contributed by atoms with Crippen LogP contribution in [0.25, 0.3) is 0 Å². The lowest BCUT2D eigenvalue weighted by atomic mass is 10.1. The van der Waals surface area contributed by atoms with E-state index in [1.807, 2.05) is 4.90 Å². The molecule has 4 nitrogen and oxygen atoms in total. The lowest BCUT2D eigenvalue weighted by Gasteiger charge is -2.33. The van der Waals surface area contributed by atoms with Gasteiger partial charge in [-0.15, -0.1) is 0 Å². The predicted molar refractivity (Wildman–Crippen MR) is 78.4 cm³/mol. The number of methoxy groups -OCH3 is 1. The quantitative estimate of drug-likeness (QED) is 0.812. The summed E-state index contributed by atoms with van der Waals surface area (Å²) in [5.41, 5.74) is 0.683. The summed E-state index contributed by atoms with van der Waals surface area (Å²) in [5, 5.41) is 3.23. The van der Waals surface area contributed by atoms with Crippen molar-refractivity contribution < 1.29 is 9.13 Å². The van der Waals surface area contributed by atoms with Gasteiger partial charge in [-0.25, -0.2) is 9.37 Å². The summed E-state index contributed by atoms with van der Waals surface area (Å²) in [7, 11) is 1.71. The minimum absolute atomic E-state index is 0.173. The number of aromatic nitrogens is 1. The van der Waals surface area contributed by atoms with Gasteiger partial charge in [0.2, 0.25) is 0 Å². The smallest absolute Gasteiger partial charge is 0.170 e. The van der Waals surface area contributed by atoms with E-state index in [9.17, 15) is 4.39 Å². The molecule has 1 aromatic heterocycles. The average Bonchev–Trinajstić information content (AvgIpc) is 2.49. The Morgan fingerprint density at radius 2 is 2.40 bits per heavy atom. The summed E-state index contributed by atoms with van der Waals surface area (Å²) < 4.78 is 19.9. The van der Waals surface area contributed by atoms with E-state index >= 15 is 0 Å². The fourth-order valence-corrected chi connectivity index (χ4v) is 2.55. The van der Waals surface area contributed by atoms with Gasteiger partial charge in [0.15, 0.2) is 11.6 Å². The van der Waals surface area contributed by atoms with Crippen LogP contribution in [-0.2, 0) is 11.3 Å². The molecule has 1 unspecified atom stereocenters.